The lowest BCUT2D eigenvalue weighted by molar-refractivity contribution is 0.154. The molecule has 0 amide bonds. The third-order valence-corrected chi connectivity index (χ3v) is 6.08. The van der Waals surface area contributed by atoms with E-state index in [1.807, 2.05) is 27.7 Å². The third-order valence-electron chi connectivity index (χ3n) is 6.08. The summed E-state index contributed by atoms with van der Waals surface area (Å²) in [4.78, 5) is 0. The summed E-state index contributed by atoms with van der Waals surface area (Å²) >= 11 is 0. The first kappa shape index (κ1) is 31.3. The van der Waals surface area contributed by atoms with Gasteiger partial charge in [-0.2, -0.15) is 0 Å². The number of rotatable bonds is 1. The third kappa shape index (κ3) is 11.8. The maximum Gasteiger partial charge on any atom is 0.119 e. The molecule has 3 nitrogen and oxygen atoms in total. The van der Waals surface area contributed by atoms with Gasteiger partial charge in [-0.25, -0.2) is 0 Å². The summed E-state index contributed by atoms with van der Waals surface area (Å²) in [6.07, 6.45) is 13.4. The Labute approximate surface area is 206 Å². The summed E-state index contributed by atoms with van der Waals surface area (Å²) in [5.41, 5.74) is 8.43. The standard InChI is InChI=1S/C17H21NO.C8H16.2C2H6.CH5N/c1-12-10-15(14-6-4-3-5-7-14)8-9-16-17(12)18-13(2)11-19-16;1-8-6-4-2-3-5-7-8;3*1-2/h3-7,10,13,15,18H,8-9,11H2,1-2H3;8H,2-7H2,1H3;2*1-2H3;2H2,1H3. The Morgan fingerprint density at radius 1 is 0.848 bits per heavy atom. The predicted molar refractivity (Wildman–Crippen MR) is 147 cm³/mol. The average molecular weight is 459 g/mol. The molecule has 0 bridgehead atoms. The topological polar surface area (TPSA) is 47.3 Å². The molecular formula is C30H54N2O. The molecule has 1 aliphatic heterocycles. The lowest BCUT2D eigenvalue weighted by Crippen LogP contribution is -2.35. The fourth-order valence-corrected chi connectivity index (χ4v) is 4.40. The molecule has 1 aromatic rings. The first-order valence-corrected chi connectivity index (χ1v) is 13.6. The summed E-state index contributed by atoms with van der Waals surface area (Å²) in [5.74, 6) is 2.66. The van der Waals surface area contributed by atoms with Crippen LogP contribution < -0.4 is 11.1 Å². The van der Waals surface area contributed by atoms with Crippen LogP contribution in [0.4, 0.5) is 0 Å². The monoisotopic (exact) mass is 458 g/mol. The zero-order valence-electron chi connectivity index (χ0n) is 23.0. The summed E-state index contributed by atoms with van der Waals surface area (Å²) < 4.78 is 5.91. The van der Waals surface area contributed by atoms with Gasteiger partial charge in [-0.05, 0) is 44.4 Å². The Bertz CT molecular complexity index is 643. The van der Waals surface area contributed by atoms with E-state index in [0.29, 0.717) is 12.0 Å². The molecule has 2 aliphatic carbocycles. The van der Waals surface area contributed by atoms with Gasteiger partial charge in [0.05, 0.1) is 11.7 Å². The van der Waals surface area contributed by atoms with Crippen molar-refractivity contribution in [1.29, 1.82) is 0 Å². The Morgan fingerprint density at radius 3 is 2.00 bits per heavy atom. The van der Waals surface area contributed by atoms with Gasteiger partial charge in [-0.3, -0.25) is 0 Å². The number of nitrogens with one attached hydrogen (secondary N) is 1. The number of allylic oxidation sites excluding steroid dienone is 3. The van der Waals surface area contributed by atoms with Gasteiger partial charge in [-0.15, -0.1) is 0 Å². The first-order valence-electron chi connectivity index (χ1n) is 13.6. The Balaban J connectivity index is 0.000000613. The van der Waals surface area contributed by atoms with Gasteiger partial charge in [-0.1, -0.05) is 110 Å². The van der Waals surface area contributed by atoms with E-state index in [-0.39, 0.29) is 0 Å². The number of ether oxygens (including phenoxy) is 1. The number of benzene rings is 1. The predicted octanol–water partition coefficient (Wildman–Crippen LogP) is 8.33. The fourth-order valence-electron chi connectivity index (χ4n) is 4.40. The van der Waals surface area contributed by atoms with Crippen LogP contribution in [0.2, 0.25) is 0 Å². The second-order valence-corrected chi connectivity index (χ2v) is 8.66. The molecule has 0 radical (unpaired) electrons. The zero-order chi connectivity index (χ0) is 25.1. The van der Waals surface area contributed by atoms with Gasteiger partial charge in [0, 0.05) is 12.3 Å². The normalized spacial score (nSPS) is 22.0. The fraction of sp³-hybridized carbons (Fsp3) is 0.667. The van der Waals surface area contributed by atoms with Crippen LogP contribution in [0.15, 0.2) is 53.4 Å². The van der Waals surface area contributed by atoms with E-state index in [0.717, 1.165) is 31.1 Å². The van der Waals surface area contributed by atoms with Crippen LogP contribution in [-0.2, 0) is 4.74 Å². The minimum absolute atomic E-state index is 0.398. The molecular weight excluding hydrogens is 404 g/mol. The van der Waals surface area contributed by atoms with E-state index in [4.69, 9.17) is 4.74 Å². The van der Waals surface area contributed by atoms with Crippen molar-refractivity contribution in [2.75, 3.05) is 13.7 Å². The highest BCUT2D eigenvalue weighted by molar-refractivity contribution is 5.38. The summed E-state index contributed by atoms with van der Waals surface area (Å²) in [6.45, 7) is 15.5. The quantitative estimate of drug-likeness (QED) is 0.416. The van der Waals surface area contributed by atoms with Gasteiger partial charge in [0.1, 0.15) is 12.4 Å². The minimum Gasteiger partial charge on any atom is -0.494 e. The Hall–Kier alpha value is -1.74. The lowest BCUT2D eigenvalue weighted by Gasteiger charge is -2.27. The Morgan fingerprint density at radius 2 is 1.42 bits per heavy atom. The van der Waals surface area contributed by atoms with Gasteiger partial charge < -0.3 is 15.8 Å². The highest BCUT2D eigenvalue weighted by Crippen LogP contribution is 2.34. The van der Waals surface area contributed by atoms with Crippen LogP contribution >= 0.6 is 0 Å². The largest absolute Gasteiger partial charge is 0.494 e. The van der Waals surface area contributed by atoms with E-state index in [9.17, 15) is 0 Å². The van der Waals surface area contributed by atoms with Crippen molar-refractivity contribution in [2.45, 2.75) is 112 Å². The van der Waals surface area contributed by atoms with Crippen LogP contribution in [0.1, 0.15) is 111 Å². The van der Waals surface area contributed by atoms with Crippen molar-refractivity contribution in [2.24, 2.45) is 11.7 Å². The molecule has 2 unspecified atom stereocenters. The van der Waals surface area contributed by atoms with Gasteiger partial charge in [0.15, 0.2) is 0 Å². The Kier molecular flexibility index (Phi) is 18.7. The lowest BCUT2D eigenvalue weighted by atomic mass is 9.94. The van der Waals surface area contributed by atoms with E-state index >= 15 is 0 Å². The molecule has 1 fully saturated rings. The highest BCUT2D eigenvalue weighted by atomic mass is 16.5. The maximum absolute atomic E-state index is 5.91. The minimum atomic E-state index is 0.398. The molecule has 1 heterocycles. The van der Waals surface area contributed by atoms with Crippen molar-refractivity contribution < 1.29 is 4.74 Å². The molecule has 0 spiro atoms. The van der Waals surface area contributed by atoms with Crippen molar-refractivity contribution in [3.8, 4) is 0 Å². The van der Waals surface area contributed by atoms with E-state index < -0.39 is 0 Å². The average Bonchev–Trinajstić information content (AvgIpc) is 3.22. The van der Waals surface area contributed by atoms with Gasteiger partial charge in [0.25, 0.3) is 0 Å². The molecule has 1 saturated carbocycles. The molecule has 190 valence electrons. The molecule has 2 atom stereocenters. The second kappa shape index (κ2) is 19.7. The number of hydrogen-bond acceptors (Lipinski definition) is 3. The molecule has 0 saturated heterocycles. The van der Waals surface area contributed by atoms with Crippen LogP contribution in [0.25, 0.3) is 0 Å². The first-order chi connectivity index (χ1) is 16.1. The van der Waals surface area contributed by atoms with Crippen LogP contribution in [0.5, 0.6) is 0 Å². The maximum atomic E-state index is 5.91. The van der Waals surface area contributed by atoms with Gasteiger partial charge >= 0.3 is 0 Å². The van der Waals surface area contributed by atoms with Crippen molar-refractivity contribution in [3.63, 3.8) is 0 Å². The van der Waals surface area contributed by atoms with Crippen LogP contribution in [0, 0.1) is 5.92 Å². The molecule has 33 heavy (non-hydrogen) atoms. The molecule has 0 aromatic heterocycles. The number of nitrogens with two attached hydrogens (primary N) is 1. The van der Waals surface area contributed by atoms with E-state index in [1.54, 1.807) is 0 Å². The van der Waals surface area contributed by atoms with Gasteiger partial charge in [0.2, 0.25) is 0 Å². The van der Waals surface area contributed by atoms with Crippen molar-refractivity contribution >= 4 is 0 Å². The summed E-state index contributed by atoms with van der Waals surface area (Å²) in [6, 6.07) is 11.1. The molecule has 3 N–H and O–H groups in total. The number of hydrogen-bond donors (Lipinski definition) is 2. The van der Waals surface area contributed by atoms with Crippen molar-refractivity contribution in [1.82, 2.24) is 5.32 Å². The molecule has 4 rings (SSSR count). The smallest absolute Gasteiger partial charge is 0.119 e. The zero-order valence-corrected chi connectivity index (χ0v) is 23.0. The van der Waals surface area contributed by atoms with Crippen molar-refractivity contribution in [3.05, 3.63) is 59.0 Å². The molecule has 3 aliphatic rings. The highest BCUT2D eigenvalue weighted by Gasteiger charge is 2.24. The van der Waals surface area contributed by atoms with E-state index in [2.05, 4.69) is 68.2 Å². The van der Waals surface area contributed by atoms with Crippen LogP contribution in [-0.4, -0.2) is 19.7 Å². The van der Waals surface area contributed by atoms with E-state index in [1.165, 1.54) is 62.4 Å². The summed E-state index contributed by atoms with van der Waals surface area (Å²) in [5, 5.41) is 3.57. The molecule has 3 heteroatoms. The molecule has 1 aromatic carbocycles. The second-order valence-electron chi connectivity index (χ2n) is 8.66. The van der Waals surface area contributed by atoms with Crippen LogP contribution in [0.3, 0.4) is 0 Å². The summed E-state index contributed by atoms with van der Waals surface area (Å²) in [7, 11) is 1.50. The SMILES string of the molecule is CC.CC.CC1=CC(c2ccccc2)CCC2=C1NC(C)CO2.CC1CCCCCC1.CN.